The molecule has 0 aliphatic carbocycles. The van der Waals surface area contributed by atoms with Gasteiger partial charge in [-0.05, 0) is 7.05 Å². The summed E-state index contributed by atoms with van der Waals surface area (Å²) in [6.07, 6.45) is 0.511. The molecule has 0 aromatic rings. The van der Waals surface area contributed by atoms with Crippen molar-refractivity contribution in [3.8, 4) is 0 Å². The normalized spacial score (nSPS) is 9.11. The van der Waals surface area contributed by atoms with Gasteiger partial charge < -0.3 is 5.32 Å². The molecule has 0 saturated carbocycles. The summed E-state index contributed by atoms with van der Waals surface area (Å²) in [4.78, 5) is 10.5. The Kier molecular flexibility index (Phi) is 5.15. The predicted molar refractivity (Wildman–Crippen MR) is 35.5 cm³/mol. The standard InChI is InChI=1S/C5H13N3O/c1-3-5(9)8-7-4-6-2/h6-7H,3-4H2,1-2H3,(H,8,9). The van der Waals surface area contributed by atoms with Crippen molar-refractivity contribution in [2.75, 3.05) is 13.7 Å². The molecule has 0 aromatic carbocycles. The first kappa shape index (κ1) is 8.39. The lowest BCUT2D eigenvalue weighted by Gasteiger charge is -2.03. The van der Waals surface area contributed by atoms with Crippen molar-refractivity contribution in [1.82, 2.24) is 16.2 Å². The number of carbonyl (C=O) groups is 1. The maximum Gasteiger partial charge on any atom is 0.233 e. The van der Waals surface area contributed by atoms with Crippen molar-refractivity contribution in [1.29, 1.82) is 0 Å². The molecule has 4 heteroatoms. The van der Waals surface area contributed by atoms with Crippen LogP contribution in [0, 0.1) is 0 Å². The molecule has 0 fully saturated rings. The number of hydrazine groups is 1. The third-order valence-electron chi connectivity index (χ3n) is 0.814. The molecule has 0 radical (unpaired) electrons. The molecule has 0 rings (SSSR count). The number of carbonyl (C=O) groups excluding carboxylic acids is 1. The Morgan fingerprint density at radius 1 is 1.56 bits per heavy atom. The molecule has 3 N–H and O–H groups in total. The van der Waals surface area contributed by atoms with Gasteiger partial charge in [-0.25, -0.2) is 5.43 Å². The molecule has 0 saturated heterocycles. The van der Waals surface area contributed by atoms with Gasteiger partial charge in [0.05, 0.1) is 6.67 Å². The molecule has 4 nitrogen and oxygen atoms in total. The lowest BCUT2D eigenvalue weighted by Crippen LogP contribution is -2.41. The number of hydrogen-bond acceptors (Lipinski definition) is 3. The fraction of sp³-hybridized carbons (Fsp3) is 0.800. The van der Waals surface area contributed by atoms with E-state index in [9.17, 15) is 4.79 Å². The summed E-state index contributed by atoms with van der Waals surface area (Å²) in [7, 11) is 1.80. The maximum atomic E-state index is 10.5. The first-order valence-electron chi connectivity index (χ1n) is 2.97. The third kappa shape index (κ3) is 5.26. The van der Waals surface area contributed by atoms with Gasteiger partial charge in [0.15, 0.2) is 0 Å². The highest BCUT2D eigenvalue weighted by Gasteiger charge is 1.90. The van der Waals surface area contributed by atoms with Crippen LogP contribution in [-0.4, -0.2) is 19.6 Å². The highest BCUT2D eigenvalue weighted by atomic mass is 16.2. The summed E-state index contributed by atoms with van der Waals surface area (Å²) in [6, 6.07) is 0. The van der Waals surface area contributed by atoms with E-state index in [-0.39, 0.29) is 5.91 Å². The van der Waals surface area contributed by atoms with Gasteiger partial charge >= 0.3 is 0 Å². The van der Waals surface area contributed by atoms with E-state index in [1.54, 1.807) is 14.0 Å². The Labute approximate surface area is 55.0 Å². The van der Waals surface area contributed by atoms with Gasteiger partial charge in [-0.1, -0.05) is 6.92 Å². The van der Waals surface area contributed by atoms with E-state index in [0.29, 0.717) is 13.1 Å². The Bertz CT molecular complexity index is 84.3. The highest BCUT2D eigenvalue weighted by molar-refractivity contribution is 5.74. The first-order valence-corrected chi connectivity index (χ1v) is 2.97. The van der Waals surface area contributed by atoms with Crippen LogP contribution in [0.2, 0.25) is 0 Å². The van der Waals surface area contributed by atoms with Crippen molar-refractivity contribution in [3.05, 3.63) is 0 Å². The van der Waals surface area contributed by atoms with Crippen LogP contribution in [-0.2, 0) is 4.79 Å². The van der Waals surface area contributed by atoms with Crippen molar-refractivity contribution in [2.24, 2.45) is 0 Å². The van der Waals surface area contributed by atoms with E-state index in [1.165, 1.54) is 0 Å². The molecule has 54 valence electrons. The van der Waals surface area contributed by atoms with Crippen LogP contribution in [0.4, 0.5) is 0 Å². The minimum atomic E-state index is 0.00486. The van der Waals surface area contributed by atoms with Crippen LogP contribution in [0.25, 0.3) is 0 Å². The van der Waals surface area contributed by atoms with E-state index in [0.717, 1.165) is 0 Å². The van der Waals surface area contributed by atoms with E-state index < -0.39 is 0 Å². The lowest BCUT2D eigenvalue weighted by molar-refractivity contribution is -0.121. The van der Waals surface area contributed by atoms with Crippen LogP contribution in [0.15, 0.2) is 0 Å². The molecule has 0 heterocycles. The summed E-state index contributed by atoms with van der Waals surface area (Å²) in [6.45, 7) is 2.39. The largest absolute Gasteiger partial charge is 0.306 e. The second kappa shape index (κ2) is 5.53. The van der Waals surface area contributed by atoms with E-state index in [1.807, 2.05) is 0 Å². The molecule has 0 aliphatic heterocycles. The monoisotopic (exact) mass is 131 g/mol. The molecule has 0 spiro atoms. The summed E-state index contributed by atoms with van der Waals surface area (Å²) in [5.74, 6) is 0.00486. The van der Waals surface area contributed by atoms with Crippen molar-refractivity contribution in [3.63, 3.8) is 0 Å². The zero-order valence-corrected chi connectivity index (χ0v) is 5.82. The van der Waals surface area contributed by atoms with E-state index in [2.05, 4.69) is 16.2 Å². The minimum absolute atomic E-state index is 0.00486. The van der Waals surface area contributed by atoms with Gasteiger partial charge in [0.25, 0.3) is 0 Å². The lowest BCUT2D eigenvalue weighted by atomic mass is 10.5. The topological polar surface area (TPSA) is 53.2 Å². The second-order valence-corrected chi connectivity index (χ2v) is 1.61. The second-order valence-electron chi connectivity index (χ2n) is 1.61. The van der Waals surface area contributed by atoms with Crippen LogP contribution in [0.5, 0.6) is 0 Å². The average Bonchev–Trinajstić information content (AvgIpc) is 1.89. The number of nitrogens with one attached hydrogen (secondary N) is 3. The number of amides is 1. The molecule has 0 aliphatic rings. The maximum absolute atomic E-state index is 10.5. The van der Waals surface area contributed by atoms with Crippen LogP contribution in [0.1, 0.15) is 13.3 Å². The fourth-order valence-electron chi connectivity index (χ4n) is 0.320. The fourth-order valence-corrected chi connectivity index (χ4v) is 0.320. The first-order chi connectivity index (χ1) is 4.31. The van der Waals surface area contributed by atoms with Crippen molar-refractivity contribution in [2.45, 2.75) is 13.3 Å². The Balaban J connectivity index is 2.97. The third-order valence-corrected chi connectivity index (χ3v) is 0.814. The SMILES string of the molecule is CCC(=O)NNCNC. The zero-order valence-electron chi connectivity index (χ0n) is 5.82. The van der Waals surface area contributed by atoms with Gasteiger partial charge in [-0.3, -0.25) is 10.2 Å². The van der Waals surface area contributed by atoms with E-state index in [4.69, 9.17) is 0 Å². The molecular weight excluding hydrogens is 118 g/mol. The molecule has 0 unspecified atom stereocenters. The van der Waals surface area contributed by atoms with Gasteiger partial charge in [0.2, 0.25) is 5.91 Å². The van der Waals surface area contributed by atoms with Crippen molar-refractivity contribution < 1.29 is 4.79 Å². The molecule has 0 aromatic heterocycles. The summed E-state index contributed by atoms with van der Waals surface area (Å²) in [5, 5.41) is 2.82. The summed E-state index contributed by atoms with van der Waals surface area (Å²) in [5.41, 5.74) is 5.16. The highest BCUT2D eigenvalue weighted by Crippen LogP contribution is 1.68. The smallest absolute Gasteiger partial charge is 0.233 e. The van der Waals surface area contributed by atoms with Gasteiger partial charge in [-0.15, -0.1) is 0 Å². The average molecular weight is 131 g/mol. The molecule has 1 amide bonds. The van der Waals surface area contributed by atoms with Crippen molar-refractivity contribution >= 4 is 5.91 Å². The number of hydrogen-bond donors (Lipinski definition) is 3. The van der Waals surface area contributed by atoms with Crippen LogP contribution < -0.4 is 16.2 Å². The Morgan fingerprint density at radius 2 is 2.22 bits per heavy atom. The van der Waals surface area contributed by atoms with Gasteiger partial charge in [0, 0.05) is 6.42 Å². The number of rotatable bonds is 4. The van der Waals surface area contributed by atoms with Gasteiger partial charge in [0.1, 0.15) is 0 Å². The van der Waals surface area contributed by atoms with Crippen LogP contribution >= 0.6 is 0 Å². The molecule has 9 heavy (non-hydrogen) atoms. The molecule has 0 bridgehead atoms. The van der Waals surface area contributed by atoms with Crippen LogP contribution in [0.3, 0.4) is 0 Å². The van der Waals surface area contributed by atoms with Gasteiger partial charge in [-0.2, -0.15) is 0 Å². The zero-order chi connectivity index (χ0) is 7.11. The molecule has 0 atom stereocenters. The Morgan fingerprint density at radius 3 is 2.67 bits per heavy atom. The quantitative estimate of drug-likeness (QED) is 0.266. The summed E-state index contributed by atoms with van der Waals surface area (Å²) < 4.78 is 0. The predicted octanol–water partition coefficient (Wildman–Crippen LogP) is -0.806. The molecular formula is C5H13N3O. The van der Waals surface area contributed by atoms with E-state index >= 15 is 0 Å². The summed E-state index contributed by atoms with van der Waals surface area (Å²) >= 11 is 0. The Hall–Kier alpha value is -0.610. The minimum Gasteiger partial charge on any atom is -0.306 e.